The number of Topliss-reactive ketones (excluding diaryl/α,β-unsaturated/α-hetero) is 1. The number of unbranched alkanes of at least 4 members (excludes halogenated alkanes) is 1. The summed E-state index contributed by atoms with van der Waals surface area (Å²) >= 11 is 0. The van der Waals surface area contributed by atoms with E-state index in [1.807, 2.05) is 6.92 Å². The monoisotopic (exact) mass is 881 g/mol. The zero-order valence-electron chi connectivity index (χ0n) is 36.6. The van der Waals surface area contributed by atoms with Crippen LogP contribution < -0.4 is 37.6 Å². The second-order valence-corrected chi connectivity index (χ2v) is 17.3. The summed E-state index contributed by atoms with van der Waals surface area (Å²) in [5.41, 5.74) is 4.22. The summed E-state index contributed by atoms with van der Waals surface area (Å²) in [5, 5.41) is 42.7. The minimum atomic E-state index is -1.78. The summed E-state index contributed by atoms with van der Waals surface area (Å²) < 4.78 is 0. The molecule has 1 rings (SSSR count). The lowest BCUT2D eigenvalue weighted by Crippen LogP contribution is -2.62. The fourth-order valence-electron chi connectivity index (χ4n) is 6.94. The molecule has 21 nitrogen and oxygen atoms in total. The zero-order chi connectivity index (χ0) is 47.3. The van der Waals surface area contributed by atoms with Gasteiger partial charge < -0.3 is 53.0 Å². The highest BCUT2D eigenvalue weighted by Gasteiger charge is 2.39. The van der Waals surface area contributed by atoms with Crippen molar-refractivity contribution in [1.29, 1.82) is 0 Å². The van der Waals surface area contributed by atoms with Gasteiger partial charge in [-0.1, -0.05) is 86.5 Å². The van der Waals surface area contributed by atoms with Crippen LogP contribution in [0, 0.1) is 17.3 Å². The third-order valence-electron chi connectivity index (χ3n) is 10.3. The van der Waals surface area contributed by atoms with Crippen molar-refractivity contribution in [1.82, 2.24) is 31.9 Å². The van der Waals surface area contributed by atoms with Gasteiger partial charge in [-0.3, -0.25) is 52.7 Å². The highest BCUT2D eigenvalue weighted by molar-refractivity contribution is 6.37. The summed E-state index contributed by atoms with van der Waals surface area (Å²) in [5.74, 6) is -12.1. The van der Waals surface area contributed by atoms with Gasteiger partial charge in [-0.15, -0.1) is 0 Å². The molecular formula is C41H67N7O14. The first-order valence-electron chi connectivity index (χ1n) is 21.2. The Kier molecular flexibility index (Phi) is 23.4. The van der Waals surface area contributed by atoms with E-state index in [1.54, 1.807) is 34.6 Å². The summed E-state index contributed by atoms with van der Waals surface area (Å²) in [6.45, 7) is 10.4. The number of primary amides is 1. The molecule has 350 valence electrons. The largest absolute Gasteiger partial charge is 0.481 e. The first-order valence-corrected chi connectivity index (χ1v) is 21.2. The number of hydrogen-bond acceptors (Lipinski definition) is 11. The van der Waals surface area contributed by atoms with E-state index >= 15 is 0 Å². The number of amides is 7. The molecule has 62 heavy (non-hydrogen) atoms. The fourth-order valence-corrected chi connectivity index (χ4v) is 6.94. The Morgan fingerprint density at radius 2 is 1.11 bits per heavy atom. The molecule has 0 aliphatic heterocycles. The zero-order valence-corrected chi connectivity index (χ0v) is 36.6. The average Bonchev–Trinajstić information content (AvgIpc) is 3.17. The number of carbonyl (C=O) groups excluding carboxylic acids is 8. The van der Waals surface area contributed by atoms with Gasteiger partial charge in [0, 0.05) is 12.8 Å². The van der Waals surface area contributed by atoms with Crippen molar-refractivity contribution >= 4 is 65.0 Å². The molecule has 21 heteroatoms. The van der Waals surface area contributed by atoms with Gasteiger partial charge in [0.15, 0.2) is 0 Å². The van der Waals surface area contributed by atoms with Crippen LogP contribution in [0.5, 0.6) is 0 Å². The molecule has 7 amide bonds. The average molecular weight is 882 g/mol. The maximum atomic E-state index is 14.3. The molecule has 0 saturated heterocycles. The number of rotatable bonds is 28. The molecule has 0 aromatic carbocycles. The van der Waals surface area contributed by atoms with Gasteiger partial charge in [-0.25, -0.2) is 0 Å². The Morgan fingerprint density at radius 1 is 0.597 bits per heavy atom. The van der Waals surface area contributed by atoms with E-state index in [1.165, 1.54) is 0 Å². The lowest BCUT2D eigenvalue weighted by Gasteiger charge is -2.34. The van der Waals surface area contributed by atoms with Crippen molar-refractivity contribution in [3.05, 3.63) is 0 Å². The topological polar surface area (TPSA) is 347 Å². The second-order valence-electron chi connectivity index (χ2n) is 17.3. The molecule has 1 saturated carbocycles. The molecule has 0 radical (unpaired) electrons. The summed E-state index contributed by atoms with van der Waals surface area (Å²) in [6.07, 6.45) is 2.22. The Balaban J connectivity index is 3.50. The molecule has 0 unspecified atom stereocenters. The van der Waals surface area contributed by atoms with Gasteiger partial charge >= 0.3 is 17.9 Å². The van der Waals surface area contributed by atoms with Crippen LogP contribution in [0.2, 0.25) is 0 Å². The van der Waals surface area contributed by atoms with Crippen molar-refractivity contribution in [3.8, 4) is 0 Å². The molecule has 1 aliphatic carbocycles. The molecule has 6 atom stereocenters. The summed E-state index contributed by atoms with van der Waals surface area (Å²) in [6, 6.07) is -8.54. The molecule has 0 aromatic heterocycles. The first-order chi connectivity index (χ1) is 28.9. The van der Waals surface area contributed by atoms with Gasteiger partial charge in [0.1, 0.15) is 30.2 Å². The van der Waals surface area contributed by atoms with Crippen LogP contribution in [0.15, 0.2) is 0 Å². The number of nitrogens with one attached hydrogen (secondary N) is 6. The predicted octanol–water partition coefficient (Wildman–Crippen LogP) is 0.407. The van der Waals surface area contributed by atoms with Crippen LogP contribution >= 0.6 is 0 Å². The number of carbonyl (C=O) groups is 11. The molecular weight excluding hydrogens is 814 g/mol. The number of nitrogens with two attached hydrogens (primary N) is 1. The van der Waals surface area contributed by atoms with E-state index in [-0.39, 0.29) is 31.1 Å². The molecule has 1 fully saturated rings. The smallest absolute Gasteiger partial charge is 0.305 e. The Hall–Kier alpha value is -5.63. The van der Waals surface area contributed by atoms with Crippen LogP contribution in [0.3, 0.4) is 0 Å². The van der Waals surface area contributed by atoms with Gasteiger partial charge in [0.25, 0.3) is 5.91 Å². The summed E-state index contributed by atoms with van der Waals surface area (Å²) in [7, 11) is 0. The Labute approximate surface area is 361 Å². The number of ketones is 1. The number of carboxylic acid groups (broad SMARTS) is 3. The standard InChI is InChI=1S/C41H67N7O14/c1-7-8-14-24(33(56)35(42)57)44-37(59)26(19-22(2)3)47-40(62)34(41(4,5)6)48-39(61)27(20-23-12-10-9-11-13-23)46-36(58)25(15-17-30(50)51)45-38(60)28(21-32(54)55)43-29(49)16-18-31(52)53/h22-28,34H,7-21H2,1-6H3,(H2,42,57)(H,43,49)(H,44,59)(H,45,60)(H,46,58)(H,47,62)(H,48,61)(H,50,51)(H,52,53)(H,54,55)/t24-,25-,26-,27-,28-,34+/m0/s1. The minimum Gasteiger partial charge on any atom is -0.481 e. The SMILES string of the molecule is CCCC[C@H](NC(=O)[C@H](CC(C)C)NC(=O)[C@@H](NC(=O)[C@H](CC1CCCCC1)NC(=O)[C@H](CCC(=O)O)NC(=O)[C@H](CC(=O)O)NC(=O)CCC(=O)O)C(C)(C)C)C(=O)C(N)=O. The van der Waals surface area contributed by atoms with E-state index in [4.69, 9.17) is 10.8 Å². The Bertz CT molecular complexity index is 1620. The highest BCUT2D eigenvalue weighted by Crippen LogP contribution is 2.28. The van der Waals surface area contributed by atoms with Crippen LogP contribution in [-0.2, 0) is 52.7 Å². The number of carboxylic acids is 3. The predicted molar refractivity (Wildman–Crippen MR) is 221 cm³/mol. The highest BCUT2D eigenvalue weighted by atomic mass is 16.4. The van der Waals surface area contributed by atoms with Crippen molar-refractivity contribution in [3.63, 3.8) is 0 Å². The normalized spacial score (nSPS) is 15.9. The van der Waals surface area contributed by atoms with Crippen molar-refractivity contribution in [2.24, 2.45) is 23.0 Å². The number of aliphatic carboxylic acids is 3. The van der Waals surface area contributed by atoms with E-state index < -0.39 is 139 Å². The van der Waals surface area contributed by atoms with Gasteiger partial charge in [0.05, 0.1) is 18.9 Å². The molecule has 0 bridgehead atoms. The Morgan fingerprint density at radius 3 is 1.63 bits per heavy atom. The number of hydrogen-bond donors (Lipinski definition) is 10. The molecule has 0 spiro atoms. The minimum absolute atomic E-state index is 0.0578. The lowest BCUT2D eigenvalue weighted by molar-refractivity contribution is -0.142. The van der Waals surface area contributed by atoms with E-state index in [0.29, 0.717) is 25.7 Å². The molecule has 0 aromatic rings. The lowest BCUT2D eigenvalue weighted by atomic mass is 9.83. The fraction of sp³-hybridized carbons (Fsp3) is 0.732. The maximum Gasteiger partial charge on any atom is 0.305 e. The third-order valence-corrected chi connectivity index (χ3v) is 10.3. The van der Waals surface area contributed by atoms with Crippen molar-refractivity contribution in [2.45, 2.75) is 174 Å². The van der Waals surface area contributed by atoms with Crippen LogP contribution in [-0.4, -0.2) is 117 Å². The van der Waals surface area contributed by atoms with E-state index in [2.05, 4.69) is 31.9 Å². The van der Waals surface area contributed by atoms with E-state index in [0.717, 1.165) is 19.3 Å². The van der Waals surface area contributed by atoms with Crippen LogP contribution in [0.25, 0.3) is 0 Å². The molecule has 0 heterocycles. The molecule has 1 aliphatic rings. The third kappa shape index (κ3) is 20.8. The van der Waals surface area contributed by atoms with E-state index in [9.17, 15) is 63.0 Å². The van der Waals surface area contributed by atoms with Crippen LogP contribution in [0.4, 0.5) is 0 Å². The first kappa shape index (κ1) is 54.4. The van der Waals surface area contributed by atoms with Crippen molar-refractivity contribution in [2.75, 3.05) is 0 Å². The quantitative estimate of drug-likeness (QED) is 0.0476. The summed E-state index contributed by atoms with van der Waals surface area (Å²) in [4.78, 5) is 140. The van der Waals surface area contributed by atoms with Crippen LogP contribution in [0.1, 0.15) is 138 Å². The maximum absolute atomic E-state index is 14.3. The van der Waals surface area contributed by atoms with Gasteiger partial charge in [-0.05, 0) is 42.9 Å². The van der Waals surface area contributed by atoms with Gasteiger partial charge in [-0.2, -0.15) is 0 Å². The van der Waals surface area contributed by atoms with Crippen molar-refractivity contribution < 1.29 is 68.1 Å². The second kappa shape index (κ2) is 26.6. The van der Waals surface area contributed by atoms with Gasteiger partial charge in [0.2, 0.25) is 41.2 Å². The molecule has 11 N–H and O–H groups in total.